The number of ether oxygens (including phenoxy) is 1. The van der Waals surface area contributed by atoms with Crippen molar-refractivity contribution in [1.82, 2.24) is 10.2 Å². The summed E-state index contributed by atoms with van der Waals surface area (Å²) in [6.07, 6.45) is 1.15. The molecular formula is C16H18N4O5. The number of aryl methyl sites for hydroxylation is 1. The molecule has 0 unspecified atom stereocenters. The summed E-state index contributed by atoms with van der Waals surface area (Å²) in [5, 5.41) is 18.6. The molecule has 1 aliphatic rings. The standard InChI is InChI=1S/C16H18N4O5/c1-11-17-18-15(25-11)10-24-16(21)12-6-8-19(9-7-12)13-4-2-3-5-14(13)20(22)23/h2-5,12H,6-10H2,1H3. The second-order valence-electron chi connectivity index (χ2n) is 5.83. The van der Waals surface area contributed by atoms with Crippen LogP contribution in [0.2, 0.25) is 0 Å². The minimum Gasteiger partial charge on any atom is -0.455 e. The van der Waals surface area contributed by atoms with Crippen LogP contribution >= 0.6 is 0 Å². The Morgan fingerprint density at radius 1 is 1.36 bits per heavy atom. The van der Waals surface area contributed by atoms with Crippen LogP contribution in [0.5, 0.6) is 0 Å². The van der Waals surface area contributed by atoms with Crippen LogP contribution in [0, 0.1) is 23.0 Å². The van der Waals surface area contributed by atoms with Gasteiger partial charge in [-0.1, -0.05) is 12.1 Å². The lowest BCUT2D eigenvalue weighted by Crippen LogP contribution is -2.37. The number of nitro groups is 1. The SMILES string of the molecule is Cc1nnc(COC(=O)C2CCN(c3ccccc3[N+](=O)[O-])CC2)o1. The van der Waals surface area contributed by atoms with Gasteiger partial charge in [-0.2, -0.15) is 0 Å². The molecule has 3 rings (SSSR count). The molecule has 0 bridgehead atoms. The van der Waals surface area contributed by atoms with Gasteiger partial charge in [0.1, 0.15) is 5.69 Å². The van der Waals surface area contributed by atoms with Crippen LogP contribution < -0.4 is 4.90 Å². The highest BCUT2D eigenvalue weighted by Crippen LogP contribution is 2.31. The van der Waals surface area contributed by atoms with Gasteiger partial charge in [-0.3, -0.25) is 14.9 Å². The van der Waals surface area contributed by atoms with Gasteiger partial charge in [0.2, 0.25) is 5.89 Å². The maximum atomic E-state index is 12.2. The zero-order chi connectivity index (χ0) is 17.8. The Balaban J connectivity index is 1.55. The van der Waals surface area contributed by atoms with Crippen molar-refractivity contribution < 1.29 is 18.9 Å². The Kier molecular flexibility index (Phi) is 4.92. The zero-order valence-electron chi connectivity index (χ0n) is 13.8. The van der Waals surface area contributed by atoms with Crippen molar-refractivity contribution in [3.8, 4) is 0 Å². The van der Waals surface area contributed by atoms with Gasteiger partial charge in [0.15, 0.2) is 6.61 Å². The number of hydrogen-bond donors (Lipinski definition) is 0. The van der Waals surface area contributed by atoms with Gasteiger partial charge in [-0.25, -0.2) is 0 Å². The normalized spacial score (nSPS) is 15.2. The Morgan fingerprint density at radius 3 is 2.72 bits per heavy atom. The summed E-state index contributed by atoms with van der Waals surface area (Å²) in [4.78, 5) is 24.8. The molecule has 9 nitrogen and oxygen atoms in total. The smallest absolute Gasteiger partial charge is 0.309 e. The monoisotopic (exact) mass is 346 g/mol. The average molecular weight is 346 g/mol. The lowest BCUT2D eigenvalue weighted by Gasteiger charge is -2.32. The first-order chi connectivity index (χ1) is 12.0. The third-order valence-electron chi connectivity index (χ3n) is 4.15. The molecule has 0 spiro atoms. The van der Waals surface area contributed by atoms with E-state index in [1.165, 1.54) is 6.07 Å². The molecule has 132 valence electrons. The molecular weight excluding hydrogens is 328 g/mol. The van der Waals surface area contributed by atoms with E-state index in [9.17, 15) is 14.9 Å². The van der Waals surface area contributed by atoms with Gasteiger partial charge in [0, 0.05) is 26.1 Å². The fourth-order valence-corrected chi connectivity index (χ4v) is 2.89. The van der Waals surface area contributed by atoms with Crippen LogP contribution in [0.4, 0.5) is 11.4 Å². The van der Waals surface area contributed by atoms with Crippen LogP contribution in [-0.4, -0.2) is 34.2 Å². The molecule has 1 fully saturated rings. The highest BCUT2D eigenvalue weighted by atomic mass is 16.6. The van der Waals surface area contributed by atoms with E-state index in [2.05, 4.69) is 10.2 Å². The second kappa shape index (κ2) is 7.29. The van der Waals surface area contributed by atoms with E-state index in [0.29, 0.717) is 37.5 Å². The first kappa shape index (κ1) is 16.9. The predicted molar refractivity (Wildman–Crippen MR) is 86.9 cm³/mol. The quantitative estimate of drug-likeness (QED) is 0.460. The summed E-state index contributed by atoms with van der Waals surface area (Å²) >= 11 is 0. The molecule has 25 heavy (non-hydrogen) atoms. The van der Waals surface area contributed by atoms with Crippen LogP contribution in [0.15, 0.2) is 28.7 Å². The van der Waals surface area contributed by atoms with E-state index >= 15 is 0 Å². The predicted octanol–water partition coefficient (Wildman–Crippen LogP) is 2.25. The van der Waals surface area contributed by atoms with E-state index < -0.39 is 0 Å². The average Bonchev–Trinajstić information content (AvgIpc) is 3.05. The highest BCUT2D eigenvalue weighted by molar-refractivity contribution is 5.73. The molecule has 2 heterocycles. The maximum absolute atomic E-state index is 12.2. The number of carbonyl (C=O) groups is 1. The molecule has 0 saturated carbocycles. The van der Waals surface area contributed by atoms with Crippen molar-refractivity contribution in [2.75, 3.05) is 18.0 Å². The van der Waals surface area contributed by atoms with Gasteiger partial charge in [-0.15, -0.1) is 10.2 Å². The number of nitrogens with zero attached hydrogens (tertiary/aromatic N) is 4. The first-order valence-electron chi connectivity index (χ1n) is 7.98. The Morgan fingerprint density at radius 2 is 2.08 bits per heavy atom. The number of aromatic nitrogens is 2. The zero-order valence-corrected chi connectivity index (χ0v) is 13.8. The number of benzene rings is 1. The molecule has 0 N–H and O–H groups in total. The lowest BCUT2D eigenvalue weighted by molar-refractivity contribution is -0.384. The van der Waals surface area contributed by atoms with E-state index in [4.69, 9.17) is 9.15 Å². The molecule has 0 aliphatic carbocycles. The number of hydrogen-bond acceptors (Lipinski definition) is 8. The molecule has 0 atom stereocenters. The summed E-state index contributed by atoms with van der Waals surface area (Å²) in [6.45, 7) is 2.75. The van der Waals surface area contributed by atoms with Gasteiger partial charge >= 0.3 is 5.97 Å². The van der Waals surface area contributed by atoms with E-state index in [0.717, 1.165) is 0 Å². The molecule has 1 aromatic carbocycles. The van der Waals surface area contributed by atoms with Crippen LogP contribution in [0.3, 0.4) is 0 Å². The van der Waals surface area contributed by atoms with Crippen molar-refractivity contribution in [3.63, 3.8) is 0 Å². The van der Waals surface area contributed by atoms with Crippen molar-refractivity contribution in [2.45, 2.75) is 26.4 Å². The molecule has 0 amide bonds. The summed E-state index contributed by atoms with van der Waals surface area (Å²) in [5.74, 6) is 0.146. The molecule has 1 saturated heterocycles. The minimum absolute atomic E-state index is 0.0377. The molecule has 2 aromatic rings. The summed E-state index contributed by atoms with van der Waals surface area (Å²) in [5.41, 5.74) is 0.663. The number of piperidine rings is 1. The summed E-state index contributed by atoms with van der Waals surface area (Å²) in [7, 11) is 0. The van der Waals surface area contributed by atoms with E-state index in [1.54, 1.807) is 25.1 Å². The van der Waals surface area contributed by atoms with Crippen LogP contribution in [-0.2, 0) is 16.1 Å². The van der Waals surface area contributed by atoms with Gasteiger partial charge in [0.25, 0.3) is 11.6 Å². The fourth-order valence-electron chi connectivity index (χ4n) is 2.89. The van der Waals surface area contributed by atoms with Gasteiger partial charge in [0.05, 0.1) is 10.8 Å². The van der Waals surface area contributed by atoms with Crippen molar-refractivity contribution in [1.29, 1.82) is 0 Å². The highest BCUT2D eigenvalue weighted by Gasteiger charge is 2.29. The topological polar surface area (TPSA) is 112 Å². The molecule has 1 aromatic heterocycles. The van der Waals surface area contributed by atoms with E-state index in [-0.39, 0.29) is 35.0 Å². The fraction of sp³-hybridized carbons (Fsp3) is 0.438. The summed E-state index contributed by atoms with van der Waals surface area (Å²) < 4.78 is 10.4. The number of carbonyl (C=O) groups excluding carboxylic acids is 1. The van der Waals surface area contributed by atoms with Crippen molar-refractivity contribution >= 4 is 17.3 Å². The Bertz CT molecular complexity index is 767. The molecule has 1 aliphatic heterocycles. The van der Waals surface area contributed by atoms with Crippen molar-refractivity contribution in [3.05, 3.63) is 46.2 Å². The van der Waals surface area contributed by atoms with Crippen LogP contribution in [0.1, 0.15) is 24.6 Å². The van der Waals surface area contributed by atoms with Crippen molar-refractivity contribution in [2.24, 2.45) is 5.92 Å². The van der Waals surface area contributed by atoms with E-state index in [1.807, 2.05) is 4.90 Å². The van der Waals surface area contributed by atoms with Crippen LogP contribution in [0.25, 0.3) is 0 Å². The third kappa shape index (κ3) is 3.93. The number of rotatable bonds is 5. The molecule has 9 heteroatoms. The second-order valence-corrected chi connectivity index (χ2v) is 5.83. The summed E-state index contributed by atoms with van der Waals surface area (Å²) in [6, 6.07) is 6.64. The Labute approximate surface area is 143 Å². The van der Waals surface area contributed by atoms with Gasteiger partial charge in [-0.05, 0) is 18.9 Å². The first-order valence-corrected chi connectivity index (χ1v) is 7.98. The van der Waals surface area contributed by atoms with Gasteiger partial charge < -0.3 is 14.1 Å². The minimum atomic E-state index is -0.387. The number of esters is 1. The third-order valence-corrected chi connectivity index (χ3v) is 4.15. The molecule has 0 radical (unpaired) electrons. The largest absolute Gasteiger partial charge is 0.455 e. The Hall–Kier alpha value is -2.97. The maximum Gasteiger partial charge on any atom is 0.309 e. The lowest BCUT2D eigenvalue weighted by atomic mass is 9.96. The number of nitro benzene ring substituents is 1. The number of anilines is 1. The number of para-hydroxylation sites is 2.